The van der Waals surface area contributed by atoms with E-state index < -0.39 is 17.6 Å². The lowest BCUT2D eigenvalue weighted by Gasteiger charge is -2.25. The van der Waals surface area contributed by atoms with Gasteiger partial charge in [-0.2, -0.15) is 13.2 Å². The summed E-state index contributed by atoms with van der Waals surface area (Å²) < 4.78 is 38.2. The summed E-state index contributed by atoms with van der Waals surface area (Å²) in [5.41, 5.74) is -0.293. The van der Waals surface area contributed by atoms with Crippen molar-refractivity contribution in [3.05, 3.63) is 32.8 Å². The van der Waals surface area contributed by atoms with Crippen LogP contribution in [0.3, 0.4) is 0 Å². The van der Waals surface area contributed by atoms with Crippen LogP contribution < -0.4 is 4.90 Å². The van der Waals surface area contributed by atoms with Gasteiger partial charge in [-0.05, 0) is 25.0 Å². The Hall–Kier alpha value is -1.31. The Kier molecular flexibility index (Phi) is 3.71. The van der Waals surface area contributed by atoms with Gasteiger partial charge in [0, 0.05) is 16.6 Å². The number of nitro benzene ring substituents is 1. The molecule has 0 radical (unpaired) electrons. The molecule has 2 rings (SSSR count). The predicted molar refractivity (Wildman–Crippen MR) is 67.2 cm³/mol. The highest BCUT2D eigenvalue weighted by molar-refractivity contribution is 9.10. The molecule has 1 aliphatic carbocycles. The van der Waals surface area contributed by atoms with Gasteiger partial charge in [-0.1, -0.05) is 15.9 Å². The van der Waals surface area contributed by atoms with Crippen molar-refractivity contribution in [1.82, 2.24) is 0 Å². The molecule has 8 heteroatoms. The van der Waals surface area contributed by atoms with Gasteiger partial charge in [0.25, 0.3) is 5.69 Å². The van der Waals surface area contributed by atoms with Crippen molar-refractivity contribution < 1.29 is 18.1 Å². The molecule has 0 unspecified atom stereocenters. The van der Waals surface area contributed by atoms with Gasteiger partial charge in [-0.15, -0.1) is 0 Å². The summed E-state index contributed by atoms with van der Waals surface area (Å²) in [6, 6.07) is 3.82. The predicted octanol–water partition coefficient (Wildman–Crippen LogP) is 3.89. The van der Waals surface area contributed by atoms with E-state index in [0.29, 0.717) is 17.3 Å². The monoisotopic (exact) mass is 338 g/mol. The molecule has 1 aromatic carbocycles. The first-order chi connectivity index (χ1) is 8.78. The van der Waals surface area contributed by atoms with Crippen molar-refractivity contribution in [1.29, 1.82) is 0 Å². The maximum absolute atomic E-state index is 12.6. The molecular weight excluding hydrogens is 329 g/mol. The molecule has 0 atom stereocenters. The number of hydrogen-bond acceptors (Lipinski definition) is 3. The average molecular weight is 339 g/mol. The van der Waals surface area contributed by atoms with E-state index in [2.05, 4.69) is 15.9 Å². The molecule has 0 N–H and O–H groups in total. The van der Waals surface area contributed by atoms with Crippen molar-refractivity contribution in [2.45, 2.75) is 25.1 Å². The van der Waals surface area contributed by atoms with E-state index in [1.165, 1.54) is 18.2 Å². The summed E-state index contributed by atoms with van der Waals surface area (Å²) in [5.74, 6) is 0. The quantitative estimate of drug-likeness (QED) is 0.618. The third kappa shape index (κ3) is 3.59. The highest BCUT2D eigenvalue weighted by atomic mass is 79.9. The zero-order chi connectivity index (χ0) is 14.2. The number of nitro groups is 1. The molecule has 4 nitrogen and oxygen atoms in total. The third-order valence-corrected chi connectivity index (χ3v) is 3.27. The second kappa shape index (κ2) is 4.99. The number of nitrogens with zero attached hydrogens (tertiary/aromatic N) is 2. The molecule has 0 aromatic heterocycles. The minimum Gasteiger partial charge on any atom is -0.354 e. The van der Waals surface area contributed by atoms with Gasteiger partial charge >= 0.3 is 6.18 Å². The first-order valence-electron chi connectivity index (χ1n) is 5.55. The van der Waals surface area contributed by atoms with Gasteiger partial charge in [0.1, 0.15) is 12.2 Å². The average Bonchev–Trinajstić information content (AvgIpc) is 3.08. The number of halogens is 4. The Bertz CT molecular complexity index is 503. The summed E-state index contributed by atoms with van der Waals surface area (Å²) in [6.45, 7) is -1.17. The number of rotatable bonds is 4. The standard InChI is InChI=1S/C11H10BrF3N2O2/c12-7-1-4-9(10(5-7)17(18)19)16(8-2-3-8)6-11(13,14)15/h1,4-5,8H,2-3,6H2. The smallest absolute Gasteiger partial charge is 0.354 e. The van der Waals surface area contributed by atoms with Crippen molar-refractivity contribution in [2.75, 3.05) is 11.4 Å². The van der Waals surface area contributed by atoms with Gasteiger partial charge in [-0.3, -0.25) is 10.1 Å². The fourth-order valence-corrected chi connectivity index (χ4v) is 2.23. The zero-order valence-corrected chi connectivity index (χ0v) is 11.2. The molecule has 0 spiro atoms. The zero-order valence-electron chi connectivity index (χ0n) is 9.65. The van der Waals surface area contributed by atoms with E-state index in [1.54, 1.807) is 0 Å². The van der Waals surface area contributed by atoms with Crippen LogP contribution in [0.15, 0.2) is 22.7 Å². The summed E-state index contributed by atoms with van der Waals surface area (Å²) in [5, 5.41) is 11.0. The Morgan fingerprint density at radius 1 is 1.42 bits per heavy atom. The van der Waals surface area contributed by atoms with Gasteiger partial charge in [0.2, 0.25) is 0 Å². The highest BCUT2D eigenvalue weighted by Crippen LogP contribution is 2.39. The van der Waals surface area contributed by atoms with Crippen LogP contribution in [-0.4, -0.2) is 23.7 Å². The molecule has 19 heavy (non-hydrogen) atoms. The van der Waals surface area contributed by atoms with Crippen LogP contribution >= 0.6 is 15.9 Å². The lowest BCUT2D eigenvalue weighted by Crippen LogP contribution is -2.36. The molecule has 1 saturated carbocycles. The van der Waals surface area contributed by atoms with Crippen LogP contribution in [0.25, 0.3) is 0 Å². The molecule has 104 valence electrons. The van der Waals surface area contributed by atoms with Crippen LogP contribution in [0.5, 0.6) is 0 Å². The maximum Gasteiger partial charge on any atom is 0.405 e. The normalized spacial score (nSPS) is 15.4. The second-order valence-corrected chi connectivity index (χ2v) is 5.28. The summed E-state index contributed by atoms with van der Waals surface area (Å²) in [6.07, 6.45) is -3.13. The number of benzene rings is 1. The Labute approximate surface area is 115 Å². The molecule has 0 saturated heterocycles. The highest BCUT2D eigenvalue weighted by Gasteiger charge is 2.40. The van der Waals surface area contributed by atoms with Crippen LogP contribution in [0.4, 0.5) is 24.5 Å². The SMILES string of the molecule is O=[N+]([O-])c1cc(Br)ccc1N(CC(F)(F)F)C1CC1. The van der Waals surface area contributed by atoms with Gasteiger partial charge < -0.3 is 4.90 Å². The Balaban J connectivity index is 2.39. The van der Waals surface area contributed by atoms with Gasteiger partial charge in [-0.25, -0.2) is 0 Å². The molecule has 1 fully saturated rings. The van der Waals surface area contributed by atoms with E-state index in [4.69, 9.17) is 0 Å². The van der Waals surface area contributed by atoms with Crippen molar-refractivity contribution in [3.63, 3.8) is 0 Å². The van der Waals surface area contributed by atoms with Gasteiger partial charge in [0.15, 0.2) is 0 Å². The van der Waals surface area contributed by atoms with E-state index in [1.807, 2.05) is 0 Å². The fourth-order valence-electron chi connectivity index (χ4n) is 1.88. The number of alkyl halides is 3. The van der Waals surface area contributed by atoms with Crippen molar-refractivity contribution in [2.24, 2.45) is 0 Å². The molecule has 1 aliphatic rings. The van der Waals surface area contributed by atoms with E-state index >= 15 is 0 Å². The van der Waals surface area contributed by atoms with Crippen molar-refractivity contribution in [3.8, 4) is 0 Å². The minimum atomic E-state index is -4.39. The van der Waals surface area contributed by atoms with E-state index in [-0.39, 0.29) is 17.4 Å². The minimum absolute atomic E-state index is 0.0213. The van der Waals surface area contributed by atoms with Crippen LogP contribution in [-0.2, 0) is 0 Å². The Morgan fingerprint density at radius 3 is 2.53 bits per heavy atom. The van der Waals surface area contributed by atoms with E-state index in [9.17, 15) is 23.3 Å². The molecule has 0 amide bonds. The second-order valence-electron chi connectivity index (χ2n) is 4.36. The molecule has 0 aliphatic heterocycles. The topological polar surface area (TPSA) is 46.4 Å². The van der Waals surface area contributed by atoms with Crippen LogP contribution in [0.2, 0.25) is 0 Å². The fraction of sp³-hybridized carbons (Fsp3) is 0.455. The molecular formula is C11H10BrF3N2O2. The van der Waals surface area contributed by atoms with Crippen LogP contribution in [0, 0.1) is 10.1 Å². The largest absolute Gasteiger partial charge is 0.405 e. The third-order valence-electron chi connectivity index (χ3n) is 2.78. The first-order valence-corrected chi connectivity index (χ1v) is 6.34. The van der Waals surface area contributed by atoms with Crippen LogP contribution in [0.1, 0.15) is 12.8 Å². The number of anilines is 1. The van der Waals surface area contributed by atoms with E-state index in [0.717, 1.165) is 4.90 Å². The molecule has 0 heterocycles. The number of hydrogen-bond donors (Lipinski definition) is 0. The Morgan fingerprint density at radius 2 is 2.05 bits per heavy atom. The summed E-state index contributed by atoms with van der Waals surface area (Å²) in [4.78, 5) is 11.4. The lowest BCUT2D eigenvalue weighted by atomic mass is 10.2. The first kappa shape index (κ1) is 14.1. The lowest BCUT2D eigenvalue weighted by molar-refractivity contribution is -0.384. The maximum atomic E-state index is 12.6. The summed E-state index contributed by atoms with van der Waals surface area (Å²) >= 11 is 3.08. The van der Waals surface area contributed by atoms with Crippen molar-refractivity contribution >= 4 is 27.3 Å². The summed E-state index contributed by atoms with van der Waals surface area (Å²) in [7, 11) is 0. The molecule has 0 bridgehead atoms. The van der Waals surface area contributed by atoms with Gasteiger partial charge in [0.05, 0.1) is 4.92 Å². The molecule has 1 aromatic rings.